The summed E-state index contributed by atoms with van der Waals surface area (Å²) in [6.07, 6.45) is 0.496. The van der Waals surface area contributed by atoms with Crippen LogP contribution in [-0.2, 0) is 30.8 Å². The Morgan fingerprint density at radius 3 is 2.59 bits per heavy atom. The van der Waals surface area contributed by atoms with Crippen LogP contribution in [0.5, 0.6) is 0 Å². The molecule has 7 nitrogen and oxygen atoms in total. The topological polar surface area (TPSA) is 107 Å². The number of amides is 1. The van der Waals surface area contributed by atoms with Gasteiger partial charge in [-0.2, -0.15) is 0 Å². The Balaban J connectivity index is 1.35. The average molecular weight is 471 g/mol. The molecular formula is C23H22N2O5S2. The van der Waals surface area contributed by atoms with Gasteiger partial charge in [-0.1, -0.05) is 30.3 Å². The predicted octanol–water partition coefficient (Wildman–Crippen LogP) is 3.10. The molecule has 32 heavy (non-hydrogen) atoms. The summed E-state index contributed by atoms with van der Waals surface area (Å²) in [6, 6.07) is 18.2. The van der Waals surface area contributed by atoms with Crippen LogP contribution in [0.15, 0.2) is 70.5 Å². The monoisotopic (exact) mass is 470 g/mol. The lowest BCUT2D eigenvalue weighted by Gasteiger charge is -2.22. The Morgan fingerprint density at radius 1 is 1.09 bits per heavy atom. The number of nitrogens with two attached hydrogens (primary N) is 1. The van der Waals surface area contributed by atoms with Crippen LogP contribution in [-0.4, -0.2) is 38.7 Å². The number of esters is 1. The third-order valence-corrected chi connectivity index (χ3v) is 7.18. The Hall–Kier alpha value is -2.88. The molecule has 0 saturated carbocycles. The van der Waals surface area contributed by atoms with Crippen LogP contribution in [0.25, 0.3) is 10.8 Å². The molecule has 0 radical (unpaired) electrons. The molecule has 1 amide bonds. The Morgan fingerprint density at radius 2 is 1.84 bits per heavy atom. The van der Waals surface area contributed by atoms with Crippen molar-refractivity contribution in [3.63, 3.8) is 0 Å². The van der Waals surface area contributed by atoms with Crippen molar-refractivity contribution in [1.82, 2.24) is 0 Å². The van der Waals surface area contributed by atoms with Gasteiger partial charge < -0.3 is 9.64 Å². The first-order valence-corrected chi connectivity index (χ1v) is 12.5. The first kappa shape index (κ1) is 22.3. The lowest BCUT2D eigenvalue weighted by Crippen LogP contribution is -2.38. The molecule has 0 spiro atoms. The first-order valence-electron chi connectivity index (χ1n) is 9.97. The molecule has 1 aliphatic rings. The van der Waals surface area contributed by atoms with Gasteiger partial charge in [0.1, 0.15) is 0 Å². The molecule has 1 aliphatic heterocycles. The molecule has 1 unspecified atom stereocenters. The second-order valence-corrected chi connectivity index (χ2v) is 10.2. The van der Waals surface area contributed by atoms with Crippen molar-refractivity contribution in [2.24, 2.45) is 5.14 Å². The molecule has 3 aromatic rings. The van der Waals surface area contributed by atoms with Gasteiger partial charge in [0.05, 0.1) is 10.6 Å². The van der Waals surface area contributed by atoms with Gasteiger partial charge in [0, 0.05) is 16.6 Å². The molecule has 0 aliphatic carbocycles. The van der Waals surface area contributed by atoms with Crippen molar-refractivity contribution in [3.8, 4) is 0 Å². The summed E-state index contributed by atoms with van der Waals surface area (Å²) in [5.74, 6) is -0.744. The number of fused-ring (bicyclic) bond motifs is 2. The van der Waals surface area contributed by atoms with E-state index in [2.05, 4.69) is 0 Å². The molecule has 0 fully saturated rings. The van der Waals surface area contributed by atoms with Gasteiger partial charge in [-0.3, -0.25) is 9.59 Å². The van der Waals surface area contributed by atoms with E-state index in [1.807, 2.05) is 49.4 Å². The molecule has 0 saturated heterocycles. The van der Waals surface area contributed by atoms with Gasteiger partial charge in [0.2, 0.25) is 10.0 Å². The zero-order valence-electron chi connectivity index (χ0n) is 17.4. The van der Waals surface area contributed by atoms with Gasteiger partial charge in [-0.05, 0) is 60.0 Å². The summed E-state index contributed by atoms with van der Waals surface area (Å²) < 4.78 is 28.3. The lowest BCUT2D eigenvalue weighted by molar-refractivity contribution is -0.145. The maximum Gasteiger partial charge on any atom is 0.316 e. The minimum atomic E-state index is -3.82. The van der Waals surface area contributed by atoms with Crippen LogP contribution in [0, 0.1) is 0 Å². The molecule has 1 atom stereocenters. The number of rotatable bonds is 6. The maximum atomic E-state index is 12.7. The molecular weight excluding hydrogens is 448 g/mol. The van der Waals surface area contributed by atoms with E-state index in [-0.39, 0.29) is 29.2 Å². The SMILES string of the molecule is CC1Cc2cc(S(N)(=O)=O)ccc2N1C(=O)COC(=O)CSc1ccc2ccccc2c1. The van der Waals surface area contributed by atoms with E-state index in [0.29, 0.717) is 12.1 Å². The second-order valence-electron chi connectivity index (χ2n) is 7.61. The highest BCUT2D eigenvalue weighted by Crippen LogP contribution is 2.33. The fourth-order valence-electron chi connectivity index (χ4n) is 3.82. The molecule has 9 heteroatoms. The summed E-state index contributed by atoms with van der Waals surface area (Å²) in [5, 5.41) is 7.41. The van der Waals surface area contributed by atoms with E-state index < -0.39 is 16.0 Å². The highest BCUT2D eigenvalue weighted by molar-refractivity contribution is 8.00. The fraction of sp³-hybridized carbons (Fsp3) is 0.217. The van der Waals surface area contributed by atoms with Crippen molar-refractivity contribution in [2.75, 3.05) is 17.3 Å². The van der Waals surface area contributed by atoms with E-state index in [1.54, 1.807) is 6.07 Å². The summed E-state index contributed by atoms with van der Waals surface area (Å²) in [5.41, 5.74) is 1.33. The summed E-state index contributed by atoms with van der Waals surface area (Å²) in [6.45, 7) is 1.48. The minimum Gasteiger partial charge on any atom is -0.455 e. The van der Waals surface area contributed by atoms with E-state index >= 15 is 0 Å². The van der Waals surface area contributed by atoms with Crippen LogP contribution >= 0.6 is 11.8 Å². The first-order chi connectivity index (χ1) is 15.2. The van der Waals surface area contributed by atoms with Gasteiger partial charge in [-0.15, -0.1) is 11.8 Å². The van der Waals surface area contributed by atoms with Crippen LogP contribution in [0.4, 0.5) is 5.69 Å². The second kappa shape index (κ2) is 8.93. The van der Waals surface area contributed by atoms with Crippen molar-refractivity contribution in [1.29, 1.82) is 0 Å². The maximum absolute atomic E-state index is 12.7. The number of primary sulfonamides is 1. The standard InChI is InChI=1S/C23H22N2O5S2/c1-15-10-18-12-20(32(24,28)29)8-9-21(18)25(15)22(26)13-30-23(27)14-31-19-7-6-16-4-2-3-5-17(16)11-19/h2-9,11-12,15H,10,13-14H2,1H3,(H2,24,28,29). The Bertz CT molecular complexity index is 1310. The largest absolute Gasteiger partial charge is 0.455 e. The molecule has 0 aromatic heterocycles. The third-order valence-electron chi connectivity index (χ3n) is 5.30. The van der Waals surface area contributed by atoms with Crippen LogP contribution < -0.4 is 10.0 Å². The predicted molar refractivity (Wildman–Crippen MR) is 124 cm³/mol. The van der Waals surface area contributed by atoms with E-state index in [9.17, 15) is 18.0 Å². The molecule has 0 bridgehead atoms. The van der Waals surface area contributed by atoms with E-state index in [4.69, 9.17) is 9.88 Å². The van der Waals surface area contributed by atoms with E-state index in [1.165, 1.54) is 28.8 Å². The van der Waals surface area contributed by atoms with E-state index in [0.717, 1.165) is 21.2 Å². The number of sulfonamides is 1. The van der Waals surface area contributed by atoms with Crippen molar-refractivity contribution >= 4 is 50.1 Å². The quantitative estimate of drug-likeness (QED) is 0.438. The van der Waals surface area contributed by atoms with Gasteiger partial charge in [0.25, 0.3) is 5.91 Å². The van der Waals surface area contributed by atoms with Crippen molar-refractivity contribution in [2.45, 2.75) is 29.2 Å². The molecule has 166 valence electrons. The molecule has 2 N–H and O–H groups in total. The van der Waals surface area contributed by atoms with Gasteiger partial charge in [0.15, 0.2) is 6.61 Å². The molecule has 1 heterocycles. The van der Waals surface area contributed by atoms with Crippen LogP contribution in [0.3, 0.4) is 0 Å². The minimum absolute atomic E-state index is 0.00916. The summed E-state index contributed by atoms with van der Waals surface area (Å²) in [7, 11) is -3.82. The average Bonchev–Trinajstić information content (AvgIpc) is 3.10. The van der Waals surface area contributed by atoms with Gasteiger partial charge >= 0.3 is 5.97 Å². The number of hydrogen-bond acceptors (Lipinski definition) is 6. The lowest BCUT2D eigenvalue weighted by atomic mass is 10.1. The van der Waals surface area contributed by atoms with Gasteiger partial charge in [-0.25, -0.2) is 13.6 Å². The van der Waals surface area contributed by atoms with Crippen LogP contribution in [0.1, 0.15) is 12.5 Å². The molecule has 4 rings (SSSR count). The highest BCUT2D eigenvalue weighted by Gasteiger charge is 2.32. The number of carbonyl (C=O) groups is 2. The molecule has 3 aromatic carbocycles. The summed E-state index contributed by atoms with van der Waals surface area (Å²) in [4.78, 5) is 27.4. The summed E-state index contributed by atoms with van der Waals surface area (Å²) >= 11 is 1.35. The van der Waals surface area contributed by atoms with Crippen molar-refractivity contribution in [3.05, 3.63) is 66.2 Å². The van der Waals surface area contributed by atoms with Crippen LogP contribution in [0.2, 0.25) is 0 Å². The third kappa shape index (κ3) is 4.79. The Kier molecular flexibility index (Phi) is 6.23. The van der Waals surface area contributed by atoms with Crippen molar-refractivity contribution < 1.29 is 22.7 Å². The number of anilines is 1. The zero-order valence-corrected chi connectivity index (χ0v) is 19.0. The normalized spacial score (nSPS) is 15.6. The number of ether oxygens (including phenoxy) is 1. The zero-order chi connectivity index (χ0) is 22.9. The number of carbonyl (C=O) groups excluding carboxylic acids is 2. The smallest absolute Gasteiger partial charge is 0.316 e. The fourth-order valence-corrected chi connectivity index (χ4v) is 5.12. The number of hydrogen-bond donors (Lipinski definition) is 1. The highest BCUT2D eigenvalue weighted by atomic mass is 32.2. The number of nitrogens with zero attached hydrogens (tertiary/aromatic N) is 1. The Labute approximate surface area is 190 Å². The number of thioether (sulfide) groups is 1. The number of benzene rings is 3.